The number of nitrogens with one attached hydrogen (secondary N) is 2. The molecule has 0 aromatic carbocycles. The highest BCUT2D eigenvalue weighted by molar-refractivity contribution is 6.19. The monoisotopic (exact) mass is 271 g/mol. The number of carbonyl (C=O) groups is 4. The maximum atomic E-state index is 12.0. The SMILES string of the molecule is COCCNC(=O)CN1C(=O)NC(=O)C(C)(C)C1=O. The van der Waals surface area contributed by atoms with Gasteiger partial charge in [0.1, 0.15) is 12.0 Å². The molecule has 5 amide bonds. The molecule has 19 heavy (non-hydrogen) atoms. The van der Waals surface area contributed by atoms with E-state index in [-0.39, 0.29) is 6.54 Å². The summed E-state index contributed by atoms with van der Waals surface area (Å²) in [5.41, 5.74) is -1.36. The van der Waals surface area contributed by atoms with E-state index in [0.717, 1.165) is 4.90 Å². The van der Waals surface area contributed by atoms with Crippen LogP contribution in [0.3, 0.4) is 0 Å². The third-order valence-electron chi connectivity index (χ3n) is 2.74. The van der Waals surface area contributed by atoms with Crippen LogP contribution >= 0.6 is 0 Å². The molecule has 1 saturated heterocycles. The molecule has 0 atom stereocenters. The smallest absolute Gasteiger partial charge is 0.331 e. The molecule has 0 aliphatic carbocycles. The summed E-state index contributed by atoms with van der Waals surface area (Å²) in [6.07, 6.45) is 0. The first-order valence-electron chi connectivity index (χ1n) is 5.73. The second-order valence-corrected chi connectivity index (χ2v) is 4.62. The second-order valence-electron chi connectivity index (χ2n) is 4.62. The van der Waals surface area contributed by atoms with Gasteiger partial charge in [0.25, 0.3) is 0 Å². The second kappa shape index (κ2) is 5.79. The van der Waals surface area contributed by atoms with Crippen molar-refractivity contribution in [1.29, 1.82) is 0 Å². The third kappa shape index (κ3) is 3.28. The molecule has 1 aliphatic heterocycles. The number of imide groups is 2. The normalized spacial score (nSPS) is 18.3. The van der Waals surface area contributed by atoms with Crippen LogP contribution in [-0.4, -0.2) is 55.5 Å². The topological polar surface area (TPSA) is 105 Å². The molecule has 8 heteroatoms. The molecule has 1 fully saturated rings. The van der Waals surface area contributed by atoms with Gasteiger partial charge in [0, 0.05) is 13.7 Å². The first kappa shape index (κ1) is 15.1. The van der Waals surface area contributed by atoms with Crippen LogP contribution in [0.2, 0.25) is 0 Å². The molecule has 0 radical (unpaired) electrons. The minimum atomic E-state index is -1.36. The zero-order chi connectivity index (χ0) is 14.6. The molecule has 0 unspecified atom stereocenters. The van der Waals surface area contributed by atoms with Gasteiger partial charge in [0.2, 0.25) is 17.7 Å². The zero-order valence-electron chi connectivity index (χ0n) is 11.1. The summed E-state index contributed by atoms with van der Waals surface area (Å²) in [6, 6.07) is -0.879. The molecule has 2 N–H and O–H groups in total. The van der Waals surface area contributed by atoms with Gasteiger partial charge in [-0.25, -0.2) is 4.79 Å². The fourth-order valence-electron chi connectivity index (χ4n) is 1.48. The van der Waals surface area contributed by atoms with Gasteiger partial charge >= 0.3 is 6.03 Å². The standard InChI is InChI=1S/C11H17N3O5/c1-11(2)8(16)13-10(18)14(9(11)17)6-7(15)12-4-5-19-3/h4-6H2,1-3H3,(H,12,15)(H,13,16,18). The predicted molar refractivity (Wildman–Crippen MR) is 63.9 cm³/mol. The summed E-state index contributed by atoms with van der Waals surface area (Å²) in [7, 11) is 1.49. The van der Waals surface area contributed by atoms with E-state index in [1.54, 1.807) is 0 Å². The summed E-state index contributed by atoms with van der Waals surface area (Å²) < 4.78 is 4.75. The number of hydrogen-bond donors (Lipinski definition) is 2. The third-order valence-corrected chi connectivity index (χ3v) is 2.74. The molecular weight excluding hydrogens is 254 g/mol. The van der Waals surface area contributed by atoms with E-state index < -0.39 is 35.7 Å². The number of barbiturate groups is 1. The van der Waals surface area contributed by atoms with Crippen molar-refractivity contribution in [2.45, 2.75) is 13.8 Å². The Kier molecular flexibility index (Phi) is 4.60. The molecular formula is C11H17N3O5. The number of rotatable bonds is 5. The highest BCUT2D eigenvalue weighted by Gasteiger charge is 2.47. The molecule has 8 nitrogen and oxygen atoms in total. The summed E-state index contributed by atoms with van der Waals surface area (Å²) in [6.45, 7) is 2.97. The van der Waals surface area contributed by atoms with Crippen LogP contribution in [0, 0.1) is 5.41 Å². The number of amides is 5. The van der Waals surface area contributed by atoms with Gasteiger partial charge in [-0.05, 0) is 13.8 Å². The Hall–Kier alpha value is -1.96. The number of urea groups is 1. The Balaban J connectivity index is 2.66. The van der Waals surface area contributed by atoms with Crippen molar-refractivity contribution in [2.75, 3.05) is 26.8 Å². The van der Waals surface area contributed by atoms with Gasteiger partial charge in [-0.3, -0.25) is 24.6 Å². The Labute approximate surface area is 110 Å². The van der Waals surface area contributed by atoms with E-state index in [4.69, 9.17) is 4.74 Å². The van der Waals surface area contributed by atoms with Crippen LogP contribution in [0.5, 0.6) is 0 Å². The number of ether oxygens (including phenoxy) is 1. The van der Waals surface area contributed by atoms with Crippen molar-refractivity contribution in [3.05, 3.63) is 0 Å². The van der Waals surface area contributed by atoms with Gasteiger partial charge in [-0.1, -0.05) is 0 Å². The predicted octanol–water partition coefficient (Wildman–Crippen LogP) is -1.15. The lowest BCUT2D eigenvalue weighted by atomic mass is 9.89. The van der Waals surface area contributed by atoms with E-state index in [1.165, 1.54) is 21.0 Å². The van der Waals surface area contributed by atoms with E-state index in [0.29, 0.717) is 6.61 Å². The van der Waals surface area contributed by atoms with E-state index in [1.807, 2.05) is 5.32 Å². The number of hydrogen-bond acceptors (Lipinski definition) is 5. The molecule has 1 heterocycles. The van der Waals surface area contributed by atoms with Crippen LogP contribution in [0.4, 0.5) is 4.79 Å². The van der Waals surface area contributed by atoms with Crippen molar-refractivity contribution >= 4 is 23.8 Å². The zero-order valence-corrected chi connectivity index (χ0v) is 11.1. The van der Waals surface area contributed by atoms with Crippen LogP contribution in [0.25, 0.3) is 0 Å². The highest BCUT2D eigenvalue weighted by Crippen LogP contribution is 2.22. The van der Waals surface area contributed by atoms with Gasteiger partial charge in [0.15, 0.2) is 0 Å². The van der Waals surface area contributed by atoms with E-state index in [2.05, 4.69) is 5.32 Å². The first-order valence-corrected chi connectivity index (χ1v) is 5.73. The summed E-state index contributed by atoms with van der Waals surface area (Å²) >= 11 is 0. The Morgan fingerprint density at radius 2 is 2.00 bits per heavy atom. The molecule has 0 bridgehead atoms. The van der Waals surface area contributed by atoms with Crippen LogP contribution in [0.1, 0.15) is 13.8 Å². The lowest BCUT2D eigenvalue weighted by Crippen LogP contribution is -2.63. The van der Waals surface area contributed by atoms with Crippen molar-refractivity contribution in [1.82, 2.24) is 15.5 Å². The summed E-state index contributed by atoms with van der Waals surface area (Å²) in [4.78, 5) is 47.3. The lowest BCUT2D eigenvalue weighted by molar-refractivity contribution is -0.150. The Bertz CT molecular complexity index is 419. The molecule has 0 aromatic heterocycles. The maximum Gasteiger partial charge on any atom is 0.331 e. The van der Waals surface area contributed by atoms with Gasteiger partial charge in [-0.2, -0.15) is 0 Å². The van der Waals surface area contributed by atoms with Crippen LogP contribution in [-0.2, 0) is 19.1 Å². The fourth-order valence-corrected chi connectivity index (χ4v) is 1.48. The molecule has 1 rings (SSSR count). The van der Waals surface area contributed by atoms with E-state index >= 15 is 0 Å². The number of methoxy groups -OCH3 is 1. The number of nitrogens with zero attached hydrogens (tertiary/aromatic N) is 1. The maximum absolute atomic E-state index is 12.0. The highest BCUT2D eigenvalue weighted by atomic mass is 16.5. The summed E-state index contributed by atoms with van der Waals surface area (Å²) in [5.74, 6) is -1.85. The molecule has 106 valence electrons. The van der Waals surface area contributed by atoms with Crippen molar-refractivity contribution < 1.29 is 23.9 Å². The minimum Gasteiger partial charge on any atom is -0.383 e. The fraction of sp³-hybridized carbons (Fsp3) is 0.636. The lowest BCUT2D eigenvalue weighted by Gasteiger charge is -2.34. The molecule has 0 aromatic rings. The van der Waals surface area contributed by atoms with Crippen molar-refractivity contribution in [3.63, 3.8) is 0 Å². The minimum absolute atomic E-state index is 0.279. The van der Waals surface area contributed by atoms with Gasteiger partial charge < -0.3 is 10.1 Å². The molecule has 1 aliphatic rings. The first-order chi connectivity index (χ1) is 8.80. The number of carbonyl (C=O) groups excluding carboxylic acids is 4. The van der Waals surface area contributed by atoms with Crippen molar-refractivity contribution in [3.8, 4) is 0 Å². The van der Waals surface area contributed by atoms with E-state index in [9.17, 15) is 19.2 Å². The Morgan fingerprint density at radius 3 is 2.58 bits per heavy atom. The van der Waals surface area contributed by atoms with Gasteiger partial charge in [0.05, 0.1) is 6.61 Å². The molecule has 0 saturated carbocycles. The quantitative estimate of drug-likeness (QED) is 0.485. The average molecular weight is 271 g/mol. The summed E-state index contributed by atoms with van der Waals surface area (Å²) in [5, 5.41) is 4.53. The van der Waals surface area contributed by atoms with Crippen LogP contribution in [0.15, 0.2) is 0 Å². The van der Waals surface area contributed by atoms with Crippen molar-refractivity contribution in [2.24, 2.45) is 5.41 Å². The largest absolute Gasteiger partial charge is 0.383 e. The molecule has 0 spiro atoms. The van der Waals surface area contributed by atoms with Crippen LogP contribution < -0.4 is 10.6 Å². The average Bonchev–Trinajstić information content (AvgIpc) is 2.33. The van der Waals surface area contributed by atoms with Gasteiger partial charge in [-0.15, -0.1) is 0 Å². The Morgan fingerprint density at radius 1 is 1.37 bits per heavy atom.